The van der Waals surface area contributed by atoms with Crippen molar-refractivity contribution in [1.29, 1.82) is 0 Å². The minimum Gasteiger partial charge on any atom is -0.507 e. The summed E-state index contributed by atoms with van der Waals surface area (Å²) in [4.78, 5) is 11.3. The average molecular weight is 304 g/mol. The fraction of sp³-hybridized carbons (Fsp3) is 0.190. The standard InChI is InChI=1S/C21H20O2/c1-21(2,3)15-9-7-14(8-10-15)16-5-4-6-17-18(16)11-12-20(23)19(17)13-22/h4-13,23H,1-3H3. The first-order chi connectivity index (χ1) is 10.9. The number of hydrogen-bond acceptors (Lipinski definition) is 2. The van der Waals surface area contributed by atoms with E-state index in [9.17, 15) is 9.90 Å². The van der Waals surface area contributed by atoms with E-state index in [-0.39, 0.29) is 11.2 Å². The highest BCUT2D eigenvalue weighted by Crippen LogP contribution is 2.34. The Kier molecular flexibility index (Phi) is 3.69. The van der Waals surface area contributed by atoms with Gasteiger partial charge >= 0.3 is 0 Å². The summed E-state index contributed by atoms with van der Waals surface area (Å²) in [6.07, 6.45) is 0.712. The highest BCUT2D eigenvalue weighted by atomic mass is 16.3. The Bertz CT molecular complexity index is 869. The van der Waals surface area contributed by atoms with Crippen LogP contribution in [0.4, 0.5) is 0 Å². The minimum atomic E-state index is 0.0210. The van der Waals surface area contributed by atoms with Crippen LogP contribution in [-0.4, -0.2) is 11.4 Å². The van der Waals surface area contributed by atoms with Gasteiger partial charge in [-0.1, -0.05) is 69.3 Å². The summed E-state index contributed by atoms with van der Waals surface area (Å²) in [5.74, 6) is 0.0210. The molecule has 0 spiro atoms. The summed E-state index contributed by atoms with van der Waals surface area (Å²) in [5, 5.41) is 11.6. The Morgan fingerprint density at radius 1 is 0.870 bits per heavy atom. The Morgan fingerprint density at radius 3 is 2.17 bits per heavy atom. The molecule has 1 N–H and O–H groups in total. The number of phenolic OH excluding ortho intramolecular Hbond substituents is 1. The van der Waals surface area contributed by atoms with Gasteiger partial charge in [-0.15, -0.1) is 0 Å². The fourth-order valence-electron chi connectivity index (χ4n) is 2.90. The van der Waals surface area contributed by atoms with Gasteiger partial charge in [0.05, 0.1) is 5.56 Å². The van der Waals surface area contributed by atoms with Crippen molar-refractivity contribution in [1.82, 2.24) is 0 Å². The van der Waals surface area contributed by atoms with Crippen molar-refractivity contribution < 1.29 is 9.90 Å². The SMILES string of the molecule is CC(C)(C)c1ccc(-c2cccc3c(C=O)c(O)ccc23)cc1. The lowest BCUT2D eigenvalue weighted by Gasteiger charge is -2.19. The lowest BCUT2D eigenvalue weighted by atomic mass is 9.86. The minimum absolute atomic E-state index is 0.0210. The van der Waals surface area contributed by atoms with Gasteiger partial charge in [-0.3, -0.25) is 4.79 Å². The van der Waals surface area contributed by atoms with Crippen LogP contribution in [0.1, 0.15) is 36.7 Å². The van der Waals surface area contributed by atoms with E-state index in [1.54, 1.807) is 6.07 Å². The van der Waals surface area contributed by atoms with Crippen molar-refractivity contribution in [3.8, 4) is 16.9 Å². The quantitative estimate of drug-likeness (QED) is 0.650. The van der Waals surface area contributed by atoms with Gasteiger partial charge in [-0.25, -0.2) is 0 Å². The van der Waals surface area contributed by atoms with Crippen LogP contribution in [-0.2, 0) is 5.41 Å². The Labute approximate surface area is 136 Å². The molecule has 2 heteroatoms. The number of phenols is 1. The monoisotopic (exact) mass is 304 g/mol. The third-order valence-electron chi connectivity index (χ3n) is 4.26. The van der Waals surface area contributed by atoms with E-state index in [1.807, 2.05) is 24.3 Å². The molecular formula is C21H20O2. The van der Waals surface area contributed by atoms with Crippen molar-refractivity contribution in [2.45, 2.75) is 26.2 Å². The zero-order valence-electron chi connectivity index (χ0n) is 13.6. The van der Waals surface area contributed by atoms with Gasteiger partial charge < -0.3 is 5.11 Å². The molecule has 3 aromatic rings. The van der Waals surface area contributed by atoms with Gasteiger partial charge in [0.2, 0.25) is 0 Å². The molecular weight excluding hydrogens is 284 g/mol. The predicted octanol–water partition coefficient (Wildman–Crippen LogP) is 5.32. The van der Waals surface area contributed by atoms with E-state index in [0.29, 0.717) is 11.8 Å². The molecule has 3 rings (SSSR count). The highest BCUT2D eigenvalue weighted by Gasteiger charge is 2.14. The number of carbonyl (C=O) groups is 1. The summed E-state index contributed by atoms with van der Waals surface area (Å²) in [6, 6.07) is 17.8. The number of fused-ring (bicyclic) bond motifs is 1. The molecule has 0 radical (unpaired) electrons. The second kappa shape index (κ2) is 5.54. The molecule has 116 valence electrons. The van der Waals surface area contributed by atoms with Gasteiger partial charge in [0, 0.05) is 0 Å². The number of hydrogen-bond donors (Lipinski definition) is 1. The van der Waals surface area contributed by atoms with E-state index < -0.39 is 0 Å². The summed E-state index contributed by atoms with van der Waals surface area (Å²) < 4.78 is 0. The molecule has 0 amide bonds. The highest BCUT2D eigenvalue weighted by molar-refractivity contribution is 6.06. The zero-order chi connectivity index (χ0) is 16.6. The van der Waals surface area contributed by atoms with Gasteiger partial charge in [-0.05, 0) is 38.9 Å². The number of aldehydes is 1. The lowest BCUT2D eigenvalue weighted by molar-refractivity contribution is 0.112. The second-order valence-electron chi connectivity index (χ2n) is 6.84. The molecule has 0 atom stereocenters. The first kappa shape index (κ1) is 15.3. The maximum absolute atomic E-state index is 11.3. The van der Waals surface area contributed by atoms with Crippen molar-refractivity contribution in [2.24, 2.45) is 0 Å². The molecule has 0 aliphatic carbocycles. The predicted molar refractivity (Wildman–Crippen MR) is 95.1 cm³/mol. The molecule has 0 aliphatic heterocycles. The number of aromatic hydroxyl groups is 1. The normalized spacial score (nSPS) is 11.6. The van der Waals surface area contributed by atoms with Crippen LogP contribution in [0, 0.1) is 0 Å². The third kappa shape index (κ3) is 2.72. The first-order valence-electron chi connectivity index (χ1n) is 7.72. The largest absolute Gasteiger partial charge is 0.507 e. The van der Waals surface area contributed by atoms with E-state index in [0.717, 1.165) is 21.9 Å². The second-order valence-corrected chi connectivity index (χ2v) is 6.84. The van der Waals surface area contributed by atoms with Crippen LogP contribution < -0.4 is 0 Å². The Balaban J connectivity index is 2.19. The van der Waals surface area contributed by atoms with Gasteiger partial charge in [0.1, 0.15) is 5.75 Å². The number of rotatable bonds is 2. The third-order valence-corrected chi connectivity index (χ3v) is 4.26. The van der Waals surface area contributed by atoms with Gasteiger partial charge in [-0.2, -0.15) is 0 Å². The van der Waals surface area contributed by atoms with Crippen LogP contribution >= 0.6 is 0 Å². The Morgan fingerprint density at radius 2 is 1.57 bits per heavy atom. The van der Waals surface area contributed by atoms with Gasteiger partial charge in [0.15, 0.2) is 6.29 Å². The van der Waals surface area contributed by atoms with Crippen molar-refractivity contribution in [3.05, 3.63) is 65.7 Å². The van der Waals surface area contributed by atoms with E-state index in [4.69, 9.17) is 0 Å². The smallest absolute Gasteiger partial charge is 0.154 e. The number of benzene rings is 3. The Hall–Kier alpha value is -2.61. The molecule has 0 unspecified atom stereocenters. The molecule has 2 nitrogen and oxygen atoms in total. The van der Waals surface area contributed by atoms with Crippen LogP contribution in [0.25, 0.3) is 21.9 Å². The van der Waals surface area contributed by atoms with Crippen molar-refractivity contribution in [3.63, 3.8) is 0 Å². The van der Waals surface area contributed by atoms with Crippen molar-refractivity contribution >= 4 is 17.1 Å². The van der Waals surface area contributed by atoms with E-state index >= 15 is 0 Å². The molecule has 0 bridgehead atoms. The summed E-state index contributed by atoms with van der Waals surface area (Å²) >= 11 is 0. The lowest BCUT2D eigenvalue weighted by Crippen LogP contribution is -2.10. The molecule has 0 saturated carbocycles. The van der Waals surface area contributed by atoms with Gasteiger partial charge in [0.25, 0.3) is 0 Å². The van der Waals surface area contributed by atoms with Crippen molar-refractivity contribution in [2.75, 3.05) is 0 Å². The molecule has 3 aromatic carbocycles. The average Bonchev–Trinajstić information content (AvgIpc) is 2.53. The zero-order valence-corrected chi connectivity index (χ0v) is 13.6. The molecule has 0 saturated heterocycles. The maximum Gasteiger partial charge on any atom is 0.154 e. The number of carbonyl (C=O) groups excluding carboxylic acids is 1. The summed E-state index contributed by atoms with van der Waals surface area (Å²) in [6.45, 7) is 6.58. The maximum atomic E-state index is 11.3. The summed E-state index contributed by atoms with van der Waals surface area (Å²) in [5.41, 5.74) is 3.91. The molecule has 0 aromatic heterocycles. The van der Waals surface area contributed by atoms with Crippen LogP contribution in [0.2, 0.25) is 0 Å². The topological polar surface area (TPSA) is 37.3 Å². The van der Waals surface area contributed by atoms with E-state index in [2.05, 4.69) is 45.0 Å². The molecule has 0 heterocycles. The van der Waals surface area contributed by atoms with Crippen LogP contribution in [0.5, 0.6) is 5.75 Å². The molecule has 0 fully saturated rings. The first-order valence-corrected chi connectivity index (χ1v) is 7.72. The fourth-order valence-corrected chi connectivity index (χ4v) is 2.90. The van der Waals surface area contributed by atoms with Crippen LogP contribution in [0.3, 0.4) is 0 Å². The summed E-state index contributed by atoms with van der Waals surface area (Å²) in [7, 11) is 0. The van der Waals surface area contributed by atoms with E-state index in [1.165, 1.54) is 5.56 Å². The van der Waals surface area contributed by atoms with Crippen LogP contribution in [0.15, 0.2) is 54.6 Å². The molecule has 23 heavy (non-hydrogen) atoms. The molecule has 0 aliphatic rings.